The largest absolute Gasteiger partial charge is 0.296 e. The summed E-state index contributed by atoms with van der Waals surface area (Å²) in [6, 6.07) is 12.6. The molecular formula is C17H16FN5. The zero-order chi connectivity index (χ0) is 16.2. The summed E-state index contributed by atoms with van der Waals surface area (Å²) in [5, 5.41) is 3.54. The molecule has 1 heterocycles. The minimum atomic E-state index is -0.271. The Balaban J connectivity index is 2.02. The van der Waals surface area contributed by atoms with E-state index in [4.69, 9.17) is 5.53 Å². The van der Waals surface area contributed by atoms with Crippen molar-refractivity contribution < 1.29 is 4.39 Å². The Morgan fingerprint density at radius 3 is 2.70 bits per heavy atom. The highest BCUT2D eigenvalue weighted by Crippen LogP contribution is 2.23. The second kappa shape index (κ2) is 6.50. The topological polar surface area (TPSA) is 66.6 Å². The standard InChI is InChI=1S/C17H16FN5/c1-2-17-21-15-8-5-13(18)11-16(15)23(17)14-6-3-12(4-7-14)9-10-20-22-19/h3-8,11H,2,9-10H2,1H3. The molecule has 23 heavy (non-hydrogen) atoms. The molecule has 0 aliphatic heterocycles. The van der Waals surface area contributed by atoms with E-state index < -0.39 is 0 Å². The highest BCUT2D eigenvalue weighted by Gasteiger charge is 2.11. The fourth-order valence-electron chi connectivity index (χ4n) is 2.66. The number of aryl methyl sites for hydroxylation is 1. The molecule has 0 radical (unpaired) electrons. The lowest BCUT2D eigenvalue weighted by molar-refractivity contribution is 0.629. The number of imidazole rings is 1. The predicted molar refractivity (Wildman–Crippen MR) is 88.1 cm³/mol. The van der Waals surface area contributed by atoms with Crippen LogP contribution in [0.15, 0.2) is 47.6 Å². The molecule has 0 spiro atoms. The molecule has 3 aromatic rings. The van der Waals surface area contributed by atoms with E-state index in [0.717, 1.165) is 34.5 Å². The first-order valence-corrected chi connectivity index (χ1v) is 7.50. The van der Waals surface area contributed by atoms with E-state index in [-0.39, 0.29) is 5.82 Å². The average molecular weight is 309 g/mol. The van der Waals surface area contributed by atoms with E-state index in [0.29, 0.717) is 13.0 Å². The molecular weight excluding hydrogens is 293 g/mol. The molecule has 5 nitrogen and oxygen atoms in total. The van der Waals surface area contributed by atoms with Crippen molar-refractivity contribution in [1.29, 1.82) is 0 Å². The van der Waals surface area contributed by atoms with Crippen molar-refractivity contribution in [2.24, 2.45) is 5.11 Å². The molecule has 0 unspecified atom stereocenters. The molecule has 0 aliphatic rings. The highest BCUT2D eigenvalue weighted by molar-refractivity contribution is 5.78. The molecule has 3 rings (SSSR count). The third-order valence-corrected chi connectivity index (χ3v) is 3.76. The normalized spacial score (nSPS) is 10.7. The molecule has 0 saturated heterocycles. The monoisotopic (exact) mass is 309 g/mol. The molecule has 0 aliphatic carbocycles. The number of rotatable bonds is 5. The number of azide groups is 1. The molecule has 0 amide bonds. The van der Waals surface area contributed by atoms with Crippen LogP contribution >= 0.6 is 0 Å². The predicted octanol–water partition coefficient (Wildman–Crippen LogP) is 4.58. The van der Waals surface area contributed by atoms with Crippen molar-refractivity contribution in [3.05, 3.63) is 70.1 Å². The lowest BCUT2D eigenvalue weighted by Crippen LogP contribution is -2.00. The zero-order valence-electron chi connectivity index (χ0n) is 12.8. The summed E-state index contributed by atoms with van der Waals surface area (Å²) in [7, 11) is 0. The molecule has 6 heteroatoms. The molecule has 0 fully saturated rings. The summed E-state index contributed by atoms with van der Waals surface area (Å²) >= 11 is 0. The maximum absolute atomic E-state index is 13.6. The Bertz CT molecular complexity index is 876. The van der Waals surface area contributed by atoms with Crippen LogP contribution in [-0.4, -0.2) is 16.1 Å². The van der Waals surface area contributed by atoms with Crippen LogP contribution in [0.2, 0.25) is 0 Å². The minimum absolute atomic E-state index is 0.271. The average Bonchev–Trinajstić information content (AvgIpc) is 2.93. The van der Waals surface area contributed by atoms with Crippen molar-refractivity contribution in [1.82, 2.24) is 9.55 Å². The molecule has 2 aromatic carbocycles. The van der Waals surface area contributed by atoms with Gasteiger partial charge in [-0.3, -0.25) is 4.57 Å². The van der Waals surface area contributed by atoms with E-state index in [9.17, 15) is 4.39 Å². The van der Waals surface area contributed by atoms with Gasteiger partial charge < -0.3 is 0 Å². The van der Waals surface area contributed by atoms with Gasteiger partial charge in [-0.05, 0) is 41.8 Å². The van der Waals surface area contributed by atoms with Crippen molar-refractivity contribution in [3.8, 4) is 5.69 Å². The van der Waals surface area contributed by atoms with Gasteiger partial charge in [-0.1, -0.05) is 24.2 Å². The number of fused-ring (bicyclic) bond motifs is 1. The van der Waals surface area contributed by atoms with Crippen molar-refractivity contribution >= 4 is 11.0 Å². The molecule has 116 valence electrons. The number of nitrogens with zero attached hydrogens (tertiary/aromatic N) is 5. The SMILES string of the molecule is CCc1nc2ccc(F)cc2n1-c1ccc(CCN=[N+]=[N-])cc1. The summed E-state index contributed by atoms with van der Waals surface area (Å²) in [6.07, 6.45) is 1.46. The maximum Gasteiger partial charge on any atom is 0.125 e. The van der Waals surface area contributed by atoms with Gasteiger partial charge in [0.05, 0.1) is 11.0 Å². The molecule has 0 saturated carbocycles. The summed E-state index contributed by atoms with van der Waals surface area (Å²) in [4.78, 5) is 7.32. The van der Waals surface area contributed by atoms with Gasteiger partial charge in [0.25, 0.3) is 0 Å². The Hall–Kier alpha value is -2.85. The minimum Gasteiger partial charge on any atom is -0.296 e. The highest BCUT2D eigenvalue weighted by atomic mass is 19.1. The van der Waals surface area contributed by atoms with Crippen LogP contribution < -0.4 is 0 Å². The van der Waals surface area contributed by atoms with Crippen LogP contribution in [-0.2, 0) is 12.8 Å². The van der Waals surface area contributed by atoms with Gasteiger partial charge >= 0.3 is 0 Å². The molecule has 0 atom stereocenters. The number of hydrogen-bond donors (Lipinski definition) is 0. The smallest absolute Gasteiger partial charge is 0.125 e. The van der Waals surface area contributed by atoms with E-state index in [1.165, 1.54) is 12.1 Å². The third kappa shape index (κ3) is 3.03. The van der Waals surface area contributed by atoms with Gasteiger partial charge in [-0.25, -0.2) is 9.37 Å². The first-order chi connectivity index (χ1) is 11.2. The van der Waals surface area contributed by atoms with Crippen LogP contribution in [0.1, 0.15) is 18.3 Å². The summed E-state index contributed by atoms with van der Waals surface area (Å²) in [6.45, 7) is 2.47. The Morgan fingerprint density at radius 1 is 1.22 bits per heavy atom. The maximum atomic E-state index is 13.6. The van der Waals surface area contributed by atoms with Crippen molar-refractivity contribution in [2.75, 3.05) is 6.54 Å². The second-order valence-electron chi connectivity index (χ2n) is 5.22. The van der Waals surface area contributed by atoms with Gasteiger partial charge in [0.15, 0.2) is 0 Å². The quantitative estimate of drug-likeness (QED) is 0.386. The molecule has 1 aromatic heterocycles. The second-order valence-corrected chi connectivity index (χ2v) is 5.22. The van der Waals surface area contributed by atoms with Gasteiger partial charge in [0, 0.05) is 29.6 Å². The van der Waals surface area contributed by atoms with Crippen molar-refractivity contribution in [2.45, 2.75) is 19.8 Å². The molecule has 0 N–H and O–H groups in total. The Morgan fingerprint density at radius 2 is 2.00 bits per heavy atom. The molecule has 0 bridgehead atoms. The number of aromatic nitrogens is 2. The first-order valence-electron chi connectivity index (χ1n) is 7.50. The van der Waals surface area contributed by atoms with Crippen LogP contribution in [0.5, 0.6) is 0 Å². The Kier molecular flexibility index (Phi) is 4.26. The van der Waals surface area contributed by atoms with Crippen LogP contribution in [0.25, 0.3) is 27.2 Å². The van der Waals surface area contributed by atoms with E-state index in [1.807, 2.05) is 35.8 Å². The van der Waals surface area contributed by atoms with Gasteiger partial charge in [0.2, 0.25) is 0 Å². The van der Waals surface area contributed by atoms with E-state index in [2.05, 4.69) is 15.0 Å². The number of halogens is 1. The summed E-state index contributed by atoms with van der Waals surface area (Å²) in [5.41, 5.74) is 11.9. The Labute approximate surface area is 133 Å². The summed E-state index contributed by atoms with van der Waals surface area (Å²) < 4.78 is 15.6. The van der Waals surface area contributed by atoms with Crippen molar-refractivity contribution in [3.63, 3.8) is 0 Å². The first kappa shape index (κ1) is 15.1. The summed E-state index contributed by atoms with van der Waals surface area (Å²) in [5.74, 6) is 0.625. The zero-order valence-corrected chi connectivity index (χ0v) is 12.8. The van der Waals surface area contributed by atoms with Gasteiger partial charge in [0.1, 0.15) is 11.6 Å². The van der Waals surface area contributed by atoms with Crippen LogP contribution in [0, 0.1) is 5.82 Å². The number of hydrogen-bond acceptors (Lipinski definition) is 2. The van der Waals surface area contributed by atoms with Gasteiger partial charge in [-0.2, -0.15) is 0 Å². The fraction of sp³-hybridized carbons (Fsp3) is 0.235. The van der Waals surface area contributed by atoms with Crippen LogP contribution in [0.4, 0.5) is 4.39 Å². The van der Waals surface area contributed by atoms with Crippen LogP contribution in [0.3, 0.4) is 0 Å². The lowest BCUT2D eigenvalue weighted by Gasteiger charge is -2.09. The number of benzene rings is 2. The lowest BCUT2D eigenvalue weighted by atomic mass is 10.1. The van der Waals surface area contributed by atoms with Gasteiger partial charge in [-0.15, -0.1) is 0 Å². The third-order valence-electron chi connectivity index (χ3n) is 3.76. The van der Waals surface area contributed by atoms with E-state index in [1.54, 1.807) is 6.07 Å². The van der Waals surface area contributed by atoms with E-state index >= 15 is 0 Å². The fourth-order valence-corrected chi connectivity index (χ4v) is 2.66.